The average Bonchev–Trinajstić information content (AvgIpc) is 2.70. The first kappa shape index (κ1) is 20.7. The Bertz CT molecular complexity index is 1090. The van der Waals surface area contributed by atoms with E-state index in [1.54, 1.807) is 36.4 Å². The van der Waals surface area contributed by atoms with E-state index in [-0.39, 0.29) is 21.8 Å². The van der Waals surface area contributed by atoms with E-state index in [1.165, 1.54) is 0 Å². The molecule has 3 aromatic rings. The molecule has 0 aliphatic rings. The van der Waals surface area contributed by atoms with Crippen molar-refractivity contribution in [3.05, 3.63) is 92.9 Å². The Morgan fingerprint density at radius 3 is 2.11 bits per heavy atom. The summed E-state index contributed by atoms with van der Waals surface area (Å²) in [5.41, 5.74) is 1.67. The highest BCUT2D eigenvalue weighted by Crippen LogP contribution is 2.36. The van der Waals surface area contributed by atoms with Crippen molar-refractivity contribution < 1.29 is 13.2 Å². The van der Waals surface area contributed by atoms with Crippen molar-refractivity contribution in [2.24, 2.45) is 0 Å². The lowest BCUT2D eigenvalue weighted by Gasteiger charge is -2.14. The fourth-order valence-electron chi connectivity index (χ4n) is 2.51. The van der Waals surface area contributed by atoms with Gasteiger partial charge in [0.2, 0.25) is 10.0 Å². The lowest BCUT2D eigenvalue weighted by Crippen LogP contribution is -2.24. The fourth-order valence-corrected chi connectivity index (χ4v) is 6.00. The lowest BCUT2D eigenvalue weighted by molar-refractivity contribution is 0.102. The van der Waals surface area contributed by atoms with Gasteiger partial charge in [0.25, 0.3) is 5.91 Å². The second-order valence-electron chi connectivity index (χ2n) is 5.87. The van der Waals surface area contributed by atoms with Crippen molar-refractivity contribution in [1.82, 2.24) is 4.72 Å². The van der Waals surface area contributed by atoms with Gasteiger partial charge >= 0.3 is 0 Å². The average molecular weight is 524 g/mol. The predicted molar refractivity (Wildman–Crippen MR) is 117 cm³/mol. The summed E-state index contributed by atoms with van der Waals surface area (Å²) in [4.78, 5) is 12.4. The molecule has 3 rings (SSSR count). The van der Waals surface area contributed by atoms with Gasteiger partial charge in [0.05, 0.1) is 10.2 Å². The van der Waals surface area contributed by atoms with Crippen LogP contribution in [0.5, 0.6) is 0 Å². The Morgan fingerprint density at radius 2 is 1.46 bits per heavy atom. The summed E-state index contributed by atoms with van der Waals surface area (Å²) >= 11 is 6.62. The minimum absolute atomic E-state index is 0.0225. The van der Waals surface area contributed by atoms with E-state index in [0.29, 0.717) is 15.7 Å². The van der Waals surface area contributed by atoms with Gasteiger partial charge in [-0.25, -0.2) is 13.1 Å². The van der Waals surface area contributed by atoms with Crippen LogP contribution in [0.15, 0.2) is 86.6 Å². The number of sulfonamides is 1. The molecule has 0 aliphatic carbocycles. The van der Waals surface area contributed by atoms with Crippen LogP contribution in [0.25, 0.3) is 0 Å². The molecule has 0 unspecified atom stereocenters. The molecule has 0 heterocycles. The molecule has 0 aliphatic heterocycles. The van der Waals surface area contributed by atoms with Crippen LogP contribution in [0.4, 0.5) is 5.69 Å². The highest BCUT2D eigenvalue weighted by molar-refractivity contribution is 9.11. The summed E-state index contributed by atoms with van der Waals surface area (Å²) in [6, 6.07) is 21.1. The highest BCUT2D eigenvalue weighted by Gasteiger charge is 2.24. The molecule has 0 radical (unpaired) electrons. The Morgan fingerprint density at radius 1 is 0.857 bits per heavy atom. The zero-order valence-corrected chi connectivity index (χ0v) is 18.5. The van der Waals surface area contributed by atoms with Crippen molar-refractivity contribution in [2.45, 2.75) is 11.4 Å². The molecule has 2 N–H and O–H groups in total. The number of anilines is 1. The van der Waals surface area contributed by atoms with Crippen molar-refractivity contribution >= 4 is 53.5 Å². The first-order chi connectivity index (χ1) is 13.4. The van der Waals surface area contributed by atoms with Gasteiger partial charge in [-0.1, -0.05) is 48.5 Å². The molecule has 0 saturated heterocycles. The molecule has 0 atom stereocenters. The van der Waals surface area contributed by atoms with Crippen LogP contribution in [0.1, 0.15) is 15.9 Å². The minimum Gasteiger partial charge on any atom is -0.321 e. The van der Waals surface area contributed by atoms with E-state index in [2.05, 4.69) is 41.9 Å². The first-order valence-corrected chi connectivity index (χ1v) is 11.3. The number of benzene rings is 3. The summed E-state index contributed by atoms with van der Waals surface area (Å²) in [5, 5.41) is 2.74. The largest absolute Gasteiger partial charge is 0.321 e. The molecule has 144 valence electrons. The normalized spacial score (nSPS) is 11.2. The van der Waals surface area contributed by atoms with E-state index in [1.807, 2.05) is 36.4 Å². The fraction of sp³-hybridized carbons (Fsp3) is 0.0500. The molecule has 8 heteroatoms. The monoisotopic (exact) mass is 522 g/mol. The Labute approximate surface area is 180 Å². The molecule has 28 heavy (non-hydrogen) atoms. The maximum Gasteiger partial charge on any atom is 0.255 e. The van der Waals surface area contributed by atoms with Gasteiger partial charge in [0.1, 0.15) is 4.90 Å². The number of hydrogen-bond donors (Lipinski definition) is 2. The summed E-state index contributed by atoms with van der Waals surface area (Å²) in [6.07, 6.45) is 0. The molecule has 0 bridgehead atoms. The second kappa shape index (κ2) is 9.00. The molecular formula is C20H16Br2N2O3S. The van der Waals surface area contributed by atoms with Gasteiger partial charge in [0, 0.05) is 16.6 Å². The first-order valence-electron chi connectivity index (χ1n) is 8.26. The summed E-state index contributed by atoms with van der Waals surface area (Å²) in [6.45, 7) is 0.155. The van der Waals surface area contributed by atoms with Crippen LogP contribution in [-0.2, 0) is 16.6 Å². The Hall–Kier alpha value is -2.00. The third-order valence-corrected chi connectivity index (χ3v) is 7.41. The SMILES string of the molecule is O=C(Nc1ccc(Br)c(S(=O)(=O)NCc2ccccc2)c1Br)c1ccccc1. The van der Waals surface area contributed by atoms with Crippen LogP contribution in [0, 0.1) is 0 Å². The van der Waals surface area contributed by atoms with E-state index in [9.17, 15) is 13.2 Å². The molecule has 3 aromatic carbocycles. The topological polar surface area (TPSA) is 75.3 Å². The molecule has 1 amide bonds. The van der Waals surface area contributed by atoms with Gasteiger partial charge in [-0.3, -0.25) is 4.79 Å². The van der Waals surface area contributed by atoms with Crippen LogP contribution in [0.2, 0.25) is 0 Å². The number of carbonyl (C=O) groups is 1. The van der Waals surface area contributed by atoms with Crippen LogP contribution >= 0.6 is 31.9 Å². The van der Waals surface area contributed by atoms with Crippen LogP contribution < -0.4 is 10.0 Å². The third kappa shape index (κ3) is 4.88. The summed E-state index contributed by atoms with van der Waals surface area (Å²) < 4.78 is 29.0. The number of carbonyl (C=O) groups excluding carboxylic acids is 1. The maximum absolute atomic E-state index is 12.9. The number of nitrogens with one attached hydrogen (secondary N) is 2. The number of rotatable bonds is 6. The van der Waals surface area contributed by atoms with Gasteiger partial charge < -0.3 is 5.32 Å². The van der Waals surface area contributed by atoms with E-state index in [4.69, 9.17) is 0 Å². The minimum atomic E-state index is -3.84. The highest BCUT2D eigenvalue weighted by atomic mass is 79.9. The van der Waals surface area contributed by atoms with E-state index < -0.39 is 10.0 Å². The van der Waals surface area contributed by atoms with Crippen LogP contribution in [0.3, 0.4) is 0 Å². The molecule has 5 nitrogen and oxygen atoms in total. The maximum atomic E-state index is 12.9. The number of hydrogen-bond acceptors (Lipinski definition) is 3. The van der Waals surface area contributed by atoms with Crippen LogP contribution in [-0.4, -0.2) is 14.3 Å². The smallest absolute Gasteiger partial charge is 0.255 e. The van der Waals surface area contributed by atoms with Crippen molar-refractivity contribution in [2.75, 3.05) is 5.32 Å². The molecule has 0 spiro atoms. The zero-order valence-electron chi connectivity index (χ0n) is 14.5. The Kier molecular flexibility index (Phi) is 6.66. The van der Waals surface area contributed by atoms with Gasteiger partial charge in [-0.05, 0) is 61.7 Å². The standard InChI is InChI=1S/C20H16Br2N2O3S/c21-16-11-12-17(24-20(25)15-9-5-2-6-10-15)18(22)19(16)28(26,27)23-13-14-7-3-1-4-8-14/h1-12,23H,13H2,(H,24,25). The third-order valence-electron chi connectivity index (χ3n) is 3.91. The molecule has 0 aromatic heterocycles. The number of halogens is 2. The Balaban J connectivity index is 1.87. The quantitative estimate of drug-likeness (QED) is 0.480. The van der Waals surface area contributed by atoms with E-state index >= 15 is 0 Å². The van der Waals surface area contributed by atoms with Gasteiger partial charge in [-0.2, -0.15) is 0 Å². The van der Waals surface area contributed by atoms with E-state index in [0.717, 1.165) is 5.56 Å². The van der Waals surface area contributed by atoms with Gasteiger partial charge in [-0.15, -0.1) is 0 Å². The molecule has 0 fully saturated rings. The van der Waals surface area contributed by atoms with Crippen molar-refractivity contribution in [1.29, 1.82) is 0 Å². The predicted octanol–water partition coefficient (Wildman–Crippen LogP) is 4.94. The summed E-state index contributed by atoms with van der Waals surface area (Å²) in [7, 11) is -3.84. The molecule has 0 saturated carbocycles. The van der Waals surface area contributed by atoms with Gasteiger partial charge in [0.15, 0.2) is 0 Å². The zero-order chi connectivity index (χ0) is 20.1. The second-order valence-corrected chi connectivity index (χ2v) is 9.22. The van der Waals surface area contributed by atoms with Crippen molar-refractivity contribution in [3.63, 3.8) is 0 Å². The molecular weight excluding hydrogens is 508 g/mol. The number of amides is 1. The summed E-state index contributed by atoms with van der Waals surface area (Å²) in [5.74, 6) is -0.329. The lowest BCUT2D eigenvalue weighted by atomic mass is 10.2. The van der Waals surface area contributed by atoms with Crippen molar-refractivity contribution in [3.8, 4) is 0 Å².